The molecular formula is C18H19Cl2N3O. The van der Waals surface area contributed by atoms with Crippen LogP contribution in [0.1, 0.15) is 42.5 Å². The van der Waals surface area contributed by atoms with E-state index in [0.29, 0.717) is 27.0 Å². The second-order valence-electron chi connectivity index (χ2n) is 6.02. The summed E-state index contributed by atoms with van der Waals surface area (Å²) in [4.78, 5) is 16.6. The lowest BCUT2D eigenvalue weighted by Gasteiger charge is -2.22. The van der Waals surface area contributed by atoms with E-state index in [1.165, 1.54) is 19.3 Å². The van der Waals surface area contributed by atoms with Gasteiger partial charge in [0.2, 0.25) is 0 Å². The van der Waals surface area contributed by atoms with Gasteiger partial charge in [0.1, 0.15) is 0 Å². The number of amides is 1. The van der Waals surface area contributed by atoms with Gasteiger partial charge in [-0.15, -0.1) is 0 Å². The van der Waals surface area contributed by atoms with E-state index in [1.54, 1.807) is 36.7 Å². The monoisotopic (exact) mass is 363 g/mol. The number of rotatable bonds is 4. The van der Waals surface area contributed by atoms with Crippen molar-refractivity contribution in [2.24, 2.45) is 0 Å². The molecule has 4 nitrogen and oxygen atoms in total. The number of carbonyl (C=O) groups excluding carboxylic acids is 1. The second kappa shape index (κ2) is 7.86. The quantitative estimate of drug-likeness (QED) is 0.785. The third-order valence-corrected chi connectivity index (χ3v) is 4.70. The smallest absolute Gasteiger partial charge is 0.253 e. The summed E-state index contributed by atoms with van der Waals surface area (Å²) in [5.41, 5.74) is 1.96. The first-order chi connectivity index (χ1) is 11.6. The van der Waals surface area contributed by atoms with Crippen molar-refractivity contribution in [1.82, 2.24) is 10.3 Å². The Labute approximate surface area is 151 Å². The van der Waals surface area contributed by atoms with Crippen molar-refractivity contribution in [2.75, 3.05) is 5.32 Å². The molecule has 1 aromatic heterocycles. The Morgan fingerprint density at radius 2 is 1.88 bits per heavy atom. The first kappa shape index (κ1) is 17.1. The lowest BCUT2D eigenvalue weighted by molar-refractivity contribution is 0.0927. The molecule has 24 heavy (non-hydrogen) atoms. The van der Waals surface area contributed by atoms with Gasteiger partial charge in [-0.1, -0.05) is 42.5 Å². The molecular weight excluding hydrogens is 345 g/mol. The third-order valence-electron chi connectivity index (χ3n) is 4.15. The number of nitrogens with zero attached hydrogens (tertiary/aromatic N) is 1. The van der Waals surface area contributed by atoms with E-state index in [4.69, 9.17) is 23.2 Å². The van der Waals surface area contributed by atoms with Gasteiger partial charge in [-0.2, -0.15) is 0 Å². The predicted molar refractivity (Wildman–Crippen MR) is 98.3 cm³/mol. The Balaban J connectivity index is 1.70. The Hall–Kier alpha value is -1.78. The number of aromatic nitrogens is 1. The van der Waals surface area contributed by atoms with Crippen molar-refractivity contribution in [1.29, 1.82) is 0 Å². The average molecular weight is 364 g/mol. The van der Waals surface area contributed by atoms with Crippen molar-refractivity contribution in [3.63, 3.8) is 0 Å². The van der Waals surface area contributed by atoms with E-state index in [9.17, 15) is 4.79 Å². The Bertz CT molecular complexity index is 730. The van der Waals surface area contributed by atoms with Crippen LogP contribution in [0.25, 0.3) is 0 Å². The van der Waals surface area contributed by atoms with Crippen LogP contribution in [0.4, 0.5) is 11.4 Å². The highest BCUT2D eigenvalue weighted by Crippen LogP contribution is 2.28. The third kappa shape index (κ3) is 4.40. The molecule has 1 amide bonds. The van der Waals surface area contributed by atoms with Gasteiger partial charge in [-0.3, -0.25) is 9.78 Å². The highest BCUT2D eigenvalue weighted by molar-refractivity contribution is 6.36. The maximum Gasteiger partial charge on any atom is 0.253 e. The van der Waals surface area contributed by atoms with Crippen LogP contribution in [0, 0.1) is 0 Å². The zero-order chi connectivity index (χ0) is 16.9. The molecule has 1 aliphatic carbocycles. The fraction of sp³-hybridized carbons (Fsp3) is 0.333. The average Bonchev–Trinajstić information content (AvgIpc) is 2.59. The normalized spacial score (nSPS) is 15.1. The van der Waals surface area contributed by atoms with Gasteiger partial charge in [0.25, 0.3) is 5.91 Å². The van der Waals surface area contributed by atoms with Crippen LogP contribution in [0.5, 0.6) is 0 Å². The van der Waals surface area contributed by atoms with Crippen LogP contribution < -0.4 is 10.6 Å². The van der Waals surface area contributed by atoms with Crippen LogP contribution in [-0.2, 0) is 0 Å². The van der Waals surface area contributed by atoms with Crippen molar-refractivity contribution >= 4 is 40.5 Å². The molecule has 1 fully saturated rings. The molecule has 0 saturated heterocycles. The summed E-state index contributed by atoms with van der Waals surface area (Å²) in [5.74, 6) is -0.0831. The minimum atomic E-state index is -0.0831. The fourth-order valence-corrected chi connectivity index (χ4v) is 3.35. The van der Waals surface area contributed by atoms with Gasteiger partial charge in [-0.05, 0) is 37.1 Å². The van der Waals surface area contributed by atoms with Crippen molar-refractivity contribution in [3.05, 3.63) is 52.3 Å². The van der Waals surface area contributed by atoms with Gasteiger partial charge in [0.15, 0.2) is 0 Å². The number of anilines is 2. The zero-order valence-electron chi connectivity index (χ0n) is 13.2. The molecule has 0 spiro atoms. The molecule has 0 aliphatic heterocycles. The Morgan fingerprint density at radius 1 is 1.08 bits per heavy atom. The van der Waals surface area contributed by atoms with E-state index < -0.39 is 0 Å². The molecule has 0 atom stereocenters. The largest absolute Gasteiger partial charge is 0.353 e. The zero-order valence-corrected chi connectivity index (χ0v) is 14.7. The molecule has 126 valence electrons. The SMILES string of the molecule is O=C(NC1CCCCC1)c1cncc(Nc2ccc(Cl)cc2Cl)c1. The minimum Gasteiger partial charge on any atom is -0.353 e. The summed E-state index contributed by atoms with van der Waals surface area (Å²) in [7, 11) is 0. The van der Waals surface area contributed by atoms with Gasteiger partial charge in [0, 0.05) is 17.3 Å². The summed E-state index contributed by atoms with van der Waals surface area (Å²) >= 11 is 12.1. The first-order valence-electron chi connectivity index (χ1n) is 8.10. The molecule has 1 aliphatic rings. The summed E-state index contributed by atoms with van der Waals surface area (Å²) < 4.78 is 0. The molecule has 0 bridgehead atoms. The lowest BCUT2D eigenvalue weighted by atomic mass is 9.95. The Kier molecular flexibility index (Phi) is 5.59. The number of benzene rings is 1. The topological polar surface area (TPSA) is 54.0 Å². The number of nitrogens with one attached hydrogen (secondary N) is 2. The molecule has 0 unspecified atom stereocenters. The molecule has 2 N–H and O–H groups in total. The molecule has 3 rings (SSSR count). The summed E-state index contributed by atoms with van der Waals surface area (Å²) in [5, 5.41) is 7.35. The van der Waals surface area contributed by atoms with E-state index in [1.807, 2.05) is 0 Å². The molecule has 1 heterocycles. The molecule has 1 saturated carbocycles. The Morgan fingerprint density at radius 3 is 2.62 bits per heavy atom. The van der Waals surface area contributed by atoms with Gasteiger partial charge in [-0.25, -0.2) is 0 Å². The molecule has 1 aromatic carbocycles. The van der Waals surface area contributed by atoms with Crippen molar-refractivity contribution in [2.45, 2.75) is 38.1 Å². The standard InChI is InChI=1S/C18H19Cl2N3O/c19-13-6-7-17(16(20)9-13)22-15-8-12(10-21-11-15)18(24)23-14-4-2-1-3-5-14/h6-11,14,22H,1-5H2,(H,23,24). The van der Waals surface area contributed by atoms with Gasteiger partial charge in [0.05, 0.1) is 28.2 Å². The number of carbonyl (C=O) groups is 1. The fourth-order valence-electron chi connectivity index (χ4n) is 2.89. The number of halogens is 2. The highest BCUT2D eigenvalue weighted by atomic mass is 35.5. The number of pyridine rings is 1. The number of hydrogen-bond acceptors (Lipinski definition) is 3. The summed E-state index contributed by atoms with van der Waals surface area (Å²) in [6.07, 6.45) is 8.96. The molecule has 6 heteroatoms. The van der Waals surface area contributed by atoms with Crippen LogP contribution in [0.2, 0.25) is 10.0 Å². The van der Waals surface area contributed by atoms with Gasteiger partial charge >= 0.3 is 0 Å². The molecule has 2 aromatic rings. The summed E-state index contributed by atoms with van der Waals surface area (Å²) in [6, 6.07) is 7.25. The van der Waals surface area contributed by atoms with E-state index >= 15 is 0 Å². The van der Waals surface area contributed by atoms with E-state index in [0.717, 1.165) is 12.8 Å². The summed E-state index contributed by atoms with van der Waals surface area (Å²) in [6.45, 7) is 0. The van der Waals surface area contributed by atoms with Crippen LogP contribution in [-0.4, -0.2) is 16.9 Å². The van der Waals surface area contributed by atoms with Crippen molar-refractivity contribution in [3.8, 4) is 0 Å². The van der Waals surface area contributed by atoms with Crippen LogP contribution in [0.15, 0.2) is 36.7 Å². The minimum absolute atomic E-state index is 0.0831. The maximum atomic E-state index is 12.4. The van der Waals surface area contributed by atoms with Crippen molar-refractivity contribution < 1.29 is 4.79 Å². The van der Waals surface area contributed by atoms with E-state index in [-0.39, 0.29) is 11.9 Å². The maximum absolute atomic E-state index is 12.4. The predicted octanol–water partition coefficient (Wildman–Crippen LogP) is 5.19. The second-order valence-corrected chi connectivity index (χ2v) is 6.86. The van der Waals surface area contributed by atoms with E-state index in [2.05, 4.69) is 15.6 Å². The highest BCUT2D eigenvalue weighted by Gasteiger charge is 2.17. The van der Waals surface area contributed by atoms with Crippen LogP contribution in [0.3, 0.4) is 0 Å². The van der Waals surface area contributed by atoms with Gasteiger partial charge < -0.3 is 10.6 Å². The number of hydrogen-bond donors (Lipinski definition) is 2. The van der Waals surface area contributed by atoms with Crippen LogP contribution >= 0.6 is 23.2 Å². The lowest BCUT2D eigenvalue weighted by Crippen LogP contribution is -2.36. The first-order valence-corrected chi connectivity index (χ1v) is 8.85. The molecule has 0 radical (unpaired) electrons.